The van der Waals surface area contributed by atoms with Crippen LogP contribution in [0.2, 0.25) is 5.02 Å². The summed E-state index contributed by atoms with van der Waals surface area (Å²) in [5.74, 6) is 0. The predicted molar refractivity (Wildman–Crippen MR) is 97.0 cm³/mol. The van der Waals surface area contributed by atoms with Crippen LogP contribution >= 0.6 is 11.6 Å². The number of nitrogens with zero attached hydrogens (tertiary/aromatic N) is 2. The van der Waals surface area contributed by atoms with Crippen molar-refractivity contribution >= 4 is 17.8 Å². The van der Waals surface area contributed by atoms with Gasteiger partial charge in [-0.3, -0.25) is 5.01 Å². The molecule has 118 valence electrons. The largest absolute Gasteiger partial charge is 0.382 e. The van der Waals surface area contributed by atoms with Crippen molar-refractivity contribution in [1.82, 2.24) is 10.3 Å². The van der Waals surface area contributed by atoms with Gasteiger partial charge in [-0.15, -0.1) is 0 Å². The van der Waals surface area contributed by atoms with Crippen molar-refractivity contribution in [3.8, 4) is 0 Å². The van der Waals surface area contributed by atoms with E-state index in [1.807, 2.05) is 38.2 Å². The third kappa shape index (κ3) is 5.78. The fourth-order valence-electron chi connectivity index (χ4n) is 1.84. The second-order valence-electron chi connectivity index (χ2n) is 5.28. The van der Waals surface area contributed by atoms with Gasteiger partial charge in [0, 0.05) is 36.4 Å². The zero-order valence-corrected chi connectivity index (χ0v) is 14.3. The van der Waals surface area contributed by atoms with Gasteiger partial charge in [-0.2, -0.15) is 5.10 Å². The summed E-state index contributed by atoms with van der Waals surface area (Å²) in [5.41, 5.74) is 3.71. The van der Waals surface area contributed by atoms with Gasteiger partial charge in [0.25, 0.3) is 0 Å². The van der Waals surface area contributed by atoms with Gasteiger partial charge in [0.2, 0.25) is 0 Å². The molecule has 0 saturated heterocycles. The molecule has 0 saturated carbocycles. The molecule has 0 unspecified atom stereocenters. The average molecular weight is 318 g/mol. The lowest BCUT2D eigenvalue weighted by Gasteiger charge is -2.18. The van der Waals surface area contributed by atoms with Crippen LogP contribution in [0.3, 0.4) is 0 Å². The Hall–Kier alpha value is -2.00. The molecule has 1 rings (SSSR count). The van der Waals surface area contributed by atoms with E-state index in [0.717, 1.165) is 27.6 Å². The molecule has 3 nitrogen and oxygen atoms in total. The summed E-state index contributed by atoms with van der Waals surface area (Å²) < 4.78 is 0. The van der Waals surface area contributed by atoms with Gasteiger partial charge in [0.15, 0.2) is 0 Å². The van der Waals surface area contributed by atoms with Crippen molar-refractivity contribution in [2.24, 2.45) is 5.10 Å². The van der Waals surface area contributed by atoms with E-state index in [1.165, 1.54) is 0 Å². The number of halogens is 1. The summed E-state index contributed by atoms with van der Waals surface area (Å²) in [6, 6.07) is 7.94. The van der Waals surface area contributed by atoms with E-state index >= 15 is 0 Å². The number of likely N-dealkylation sites (N-methyl/N-ethyl adjacent to an activating group) is 1. The van der Waals surface area contributed by atoms with Crippen LogP contribution in [0.1, 0.15) is 31.9 Å². The molecule has 22 heavy (non-hydrogen) atoms. The standard InChI is InChI=1S/C18H24ClN3/c1-13(2)16(5)22(6)20-11-10-14(3)21-15(4)17-8-7-9-18(19)12-17/h7-9,11-12,15,21H,1,3,5,10H2,2,4,6H3/b20-11-/t15-/m1/s1. The van der Waals surface area contributed by atoms with Gasteiger partial charge in [-0.05, 0) is 37.1 Å². The lowest BCUT2D eigenvalue weighted by Crippen LogP contribution is -2.18. The number of allylic oxidation sites excluding steroid dienone is 2. The molecule has 0 aromatic heterocycles. The highest BCUT2D eigenvalue weighted by Crippen LogP contribution is 2.18. The maximum absolute atomic E-state index is 6.01. The summed E-state index contributed by atoms with van der Waals surface area (Å²) in [6.07, 6.45) is 2.44. The third-order valence-electron chi connectivity index (χ3n) is 3.25. The van der Waals surface area contributed by atoms with Crippen molar-refractivity contribution in [2.75, 3.05) is 7.05 Å². The van der Waals surface area contributed by atoms with Crippen molar-refractivity contribution in [3.63, 3.8) is 0 Å². The summed E-state index contributed by atoms with van der Waals surface area (Å²) in [5, 5.41) is 10.1. The Morgan fingerprint density at radius 3 is 2.68 bits per heavy atom. The van der Waals surface area contributed by atoms with Crippen LogP contribution in [0.25, 0.3) is 0 Å². The third-order valence-corrected chi connectivity index (χ3v) is 3.48. The van der Waals surface area contributed by atoms with Crippen LogP contribution in [0.15, 0.2) is 66.1 Å². The van der Waals surface area contributed by atoms with Crippen LogP contribution in [-0.2, 0) is 0 Å². The quantitative estimate of drug-likeness (QED) is 0.419. The van der Waals surface area contributed by atoms with E-state index in [1.54, 1.807) is 11.2 Å². The molecule has 0 amide bonds. The second kappa shape index (κ2) is 8.44. The molecule has 1 N–H and O–H groups in total. The fraction of sp³-hybridized carbons (Fsp3) is 0.278. The minimum atomic E-state index is 0.141. The first-order chi connectivity index (χ1) is 10.3. The van der Waals surface area contributed by atoms with Gasteiger partial charge < -0.3 is 5.32 Å². The van der Waals surface area contributed by atoms with Crippen molar-refractivity contribution in [1.29, 1.82) is 0 Å². The van der Waals surface area contributed by atoms with Gasteiger partial charge in [0.05, 0.1) is 5.70 Å². The van der Waals surface area contributed by atoms with Crippen LogP contribution in [-0.4, -0.2) is 18.3 Å². The first-order valence-corrected chi connectivity index (χ1v) is 7.49. The number of rotatable bonds is 8. The molecule has 0 aliphatic rings. The highest BCUT2D eigenvalue weighted by molar-refractivity contribution is 6.30. The molecule has 0 bridgehead atoms. The summed E-state index contributed by atoms with van der Waals surface area (Å²) in [7, 11) is 1.85. The highest BCUT2D eigenvalue weighted by atomic mass is 35.5. The van der Waals surface area contributed by atoms with E-state index in [4.69, 9.17) is 11.6 Å². The molecule has 0 fully saturated rings. The smallest absolute Gasteiger partial charge is 0.0541 e. The molecule has 0 spiro atoms. The predicted octanol–water partition coefficient (Wildman–Crippen LogP) is 4.90. The van der Waals surface area contributed by atoms with Gasteiger partial charge in [-0.25, -0.2) is 0 Å². The molecule has 0 aliphatic carbocycles. The minimum absolute atomic E-state index is 0.141. The maximum atomic E-state index is 6.01. The van der Waals surface area contributed by atoms with Gasteiger partial charge in [0.1, 0.15) is 0 Å². The minimum Gasteiger partial charge on any atom is -0.382 e. The topological polar surface area (TPSA) is 27.6 Å². The molecular weight excluding hydrogens is 294 g/mol. The van der Waals surface area contributed by atoms with Crippen LogP contribution in [0.4, 0.5) is 0 Å². The molecule has 1 aromatic rings. The average Bonchev–Trinajstić information content (AvgIpc) is 2.46. The Bertz CT molecular complexity index is 590. The Kier molecular flexibility index (Phi) is 6.93. The lowest BCUT2D eigenvalue weighted by atomic mass is 10.1. The number of nitrogens with one attached hydrogen (secondary N) is 1. The monoisotopic (exact) mass is 317 g/mol. The van der Waals surface area contributed by atoms with Gasteiger partial charge >= 0.3 is 0 Å². The Morgan fingerprint density at radius 2 is 2.09 bits per heavy atom. The number of hydrogen-bond acceptors (Lipinski definition) is 3. The SMILES string of the molecule is C=C(C/C=N\N(C)C(=C)C(=C)C)N[C@H](C)c1cccc(Cl)c1. The van der Waals surface area contributed by atoms with E-state index in [2.05, 4.69) is 37.1 Å². The normalized spacial score (nSPS) is 12.0. The van der Waals surface area contributed by atoms with Crippen LogP contribution in [0.5, 0.6) is 0 Å². The van der Waals surface area contributed by atoms with Crippen molar-refractivity contribution in [3.05, 3.63) is 71.6 Å². The first-order valence-electron chi connectivity index (χ1n) is 7.12. The van der Waals surface area contributed by atoms with Crippen LogP contribution < -0.4 is 5.32 Å². The molecule has 4 heteroatoms. The van der Waals surface area contributed by atoms with E-state index in [9.17, 15) is 0 Å². The fourth-order valence-corrected chi connectivity index (χ4v) is 2.04. The van der Waals surface area contributed by atoms with Crippen LogP contribution in [0, 0.1) is 0 Å². The summed E-state index contributed by atoms with van der Waals surface area (Å²) in [4.78, 5) is 0. The molecule has 0 radical (unpaired) electrons. The Balaban J connectivity index is 2.49. The zero-order chi connectivity index (χ0) is 16.7. The van der Waals surface area contributed by atoms with Gasteiger partial charge in [-0.1, -0.05) is 43.5 Å². The summed E-state index contributed by atoms with van der Waals surface area (Å²) >= 11 is 6.01. The maximum Gasteiger partial charge on any atom is 0.0541 e. The van der Waals surface area contributed by atoms with E-state index in [-0.39, 0.29) is 6.04 Å². The molecule has 0 aliphatic heterocycles. The highest BCUT2D eigenvalue weighted by Gasteiger charge is 2.06. The Labute approximate surface area is 138 Å². The van der Waals surface area contributed by atoms with E-state index in [0.29, 0.717) is 6.42 Å². The number of hydrogen-bond donors (Lipinski definition) is 1. The lowest BCUT2D eigenvalue weighted by molar-refractivity contribution is 0.458. The zero-order valence-electron chi connectivity index (χ0n) is 13.6. The molecule has 1 aromatic carbocycles. The molecular formula is C18H24ClN3. The number of hydrazone groups is 1. The van der Waals surface area contributed by atoms with Crippen molar-refractivity contribution in [2.45, 2.75) is 26.3 Å². The first kappa shape index (κ1) is 18.1. The summed E-state index contributed by atoms with van der Waals surface area (Å²) in [6.45, 7) is 15.8. The second-order valence-corrected chi connectivity index (χ2v) is 5.71. The Morgan fingerprint density at radius 1 is 1.41 bits per heavy atom. The number of benzene rings is 1. The molecule has 1 atom stereocenters. The van der Waals surface area contributed by atoms with E-state index < -0.39 is 0 Å². The molecule has 0 heterocycles. The van der Waals surface area contributed by atoms with Crippen molar-refractivity contribution < 1.29 is 0 Å².